The van der Waals surface area contributed by atoms with E-state index in [1.165, 1.54) is 0 Å². The molecule has 2 aliphatic heterocycles. The van der Waals surface area contributed by atoms with Crippen molar-refractivity contribution in [3.63, 3.8) is 0 Å². The van der Waals surface area contributed by atoms with Gasteiger partial charge in [0.15, 0.2) is 0 Å². The van der Waals surface area contributed by atoms with Crippen LogP contribution in [0.5, 0.6) is 0 Å². The Morgan fingerprint density at radius 1 is 1.04 bits per heavy atom. The highest BCUT2D eigenvalue weighted by Crippen LogP contribution is 2.39. The molecule has 0 radical (unpaired) electrons. The molecule has 1 amide bonds. The zero-order valence-electron chi connectivity index (χ0n) is 14.6. The Hall–Kier alpha value is -1.63. The summed E-state index contributed by atoms with van der Waals surface area (Å²) in [5.74, 6) is -1.07. The third-order valence-electron chi connectivity index (χ3n) is 5.66. The first-order valence-electron chi connectivity index (χ1n) is 8.92. The lowest BCUT2D eigenvalue weighted by atomic mass is 9.72. The van der Waals surface area contributed by atoms with E-state index in [1.807, 2.05) is 18.2 Å². The van der Waals surface area contributed by atoms with Crippen molar-refractivity contribution in [1.82, 2.24) is 5.32 Å². The quantitative estimate of drug-likeness (QED) is 0.818. The molecule has 0 atom stereocenters. The van der Waals surface area contributed by atoms with Gasteiger partial charge in [-0.25, -0.2) is 0 Å². The number of carbonyl (C=O) groups excluding carboxylic acids is 1. The number of aliphatic carboxylic acids is 1. The van der Waals surface area contributed by atoms with Crippen LogP contribution in [0.4, 0.5) is 0 Å². The maximum atomic E-state index is 13.2. The maximum absolute atomic E-state index is 13.2. The van der Waals surface area contributed by atoms with Crippen molar-refractivity contribution in [2.75, 3.05) is 33.0 Å². The molecule has 7 heteroatoms. The number of ether oxygens (including phenoxy) is 2. The van der Waals surface area contributed by atoms with Gasteiger partial charge in [0.1, 0.15) is 0 Å². The molecule has 0 aromatic heterocycles. The molecule has 142 valence electrons. The number of nitrogens with one attached hydrogen (secondary N) is 1. The van der Waals surface area contributed by atoms with E-state index in [0.717, 1.165) is 5.56 Å². The lowest BCUT2D eigenvalue weighted by Gasteiger charge is -2.39. The number of hydrogen-bond acceptors (Lipinski definition) is 4. The van der Waals surface area contributed by atoms with Crippen LogP contribution in [-0.4, -0.2) is 50.0 Å². The van der Waals surface area contributed by atoms with E-state index >= 15 is 0 Å². The average molecular weight is 382 g/mol. The Bertz CT molecular complexity index is 666. The maximum Gasteiger partial charge on any atom is 0.311 e. The fraction of sp³-hybridized carbons (Fsp3) is 0.579. The molecular formula is C19H24ClNO5. The zero-order chi connectivity index (χ0) is 18.6. The minimum absolute atomic E-state index is 0.0948. The first kappa shape index (κ1) is 19.1. The molecule has 2 fully saturated rings. The van der Waals surface area contributed by atoms with E-state index < -0.39 is 16.8 Å². The lowest BCUT2D eigenvalue weighted by molar-refractivity contribution is -0.155. The van der Waals surface area contributed by atoms with Crippen molar-refractivity contribution >= 4 is 23.5 Å². The van der Waals surface area contributed by atoms with Crippen molar-refractivity contribution in [1.29, 1.82) is 0 Å². The normalized spacial score (nSPS) is 21.7. The lowest BCUT2D eigenvalue weighted by Crippen LogP contribution is -2.53. The third kappa shape index (κ3) is 3.59. The van der Waals surface area contributed by atoms with Crippen LogP contribution in [-0.2, 0) is 24.5 Å². The van der Waals surface area contributed by atoms with Crippen LogP contribution in [0, 0.1) is 5.41 Å². The van der Waals surface area contributed by atoms with Gasteiger partial charge in [0.2, 0.25) is 5.91 Å². The van der Waals surface area contributed by atoms with Crippen LogP contribution in [0.15, 0.2) is 24.3 Å². The molecule has 3 rings (SSSR count). The highest BCUT2D eigenvalue weighted by atomic mass is 35.5. The molecule has 6 nitrogen and oxygen atoms in total. The zero-order valence-corrected chi connectivity index (χ0v) is 15.4. The van der Waals surface area contributed by atoms with E-state index in [4.69, 9.17) is 21.1 Å². The standard InChI is InChI=1S/C19H24ClNO5/c20-15-4-2-1-3-14(15)19(7-11-26-12-8-19)16(22)21-13-18(17(23)24)5-9-25-10-6-18/h1-4H,5-13H2,(H,21,22)(H,23,24). The molecule has 0 unspecified atom stereocenters. The monoisotopic (exact) mass is 381 g/mol. The van der Waals surface area contributed by atoms with Crippen LogP contribution in [0.1, 0.15) is 31.2 Å². The predicted molar refractivity (Wildman–Crippen MR) is 96.3 cm³/mol. The topological polar surface area (TPSA) is 84.9 Å². The summed E-state index contributed by atoms with van der Waals surface area (Å²) in [5, 5.41) is 13.2. The second-order valence-corrected chi connectivity index (χ2v) is 7.46. The van der Waals surface area contributed by atoms with Crippen molar-refractivity contribution in [3.8, 4) is 0 Å². The highest BCUT2D eigenvalue weighted by molar-refractivity contribution is 6.31. The summed E-state index contributed by atoms with van der Waals surface area (Å²) in [6.07, 6.45) is 1.83. The van der Waals surface area contributed by atoms with Crippen molar-refractivity contribution in [2.24, 2.45) is 5.41 Å². The van der Waals surface area contributed by atoms with Crippen LogP contribution in [0.25, 0.3) is 0 Å². The second kappa shape index (κ2) is 7.94. The number of rotatable bonds is 5. The molecular weight excluding hydrogens is 358 g/mol. The molecule has 0 spiro atoms. The van der Waals surface area contributed by atoms with E-state index in [-0.39, 0.29) is 12.5 Å². The molecule has 2 N–H and O–H groups in total. The summed E-state index contributed by atoms with van der Waals surface area (Å²) in [4.78, 5) is 25.1. The summed E-state index contributed by atoms with van der Waals surface area (Å²) in [7, 11) is 0. The number of halogens is 1. The van der Waals surface area contributed by atoms with Gasteiger partial charge in [-0.2, -0.15) is 0 Å². The van der Waals surface area contributed by atoms with Gasteiger partial charge in [0.05, 0.1) is 10.8 Å². The summed E-state index contributed by atoms with van der Waals surface area (Å²) in [5.41, 5.74) is -0.985. The van der Waals surface area contributed by atoms with Gasteiger partial charge < -0.3 is 19.9 Å². The van der Waals surface area contributed by atoms with Crippen LogP contribution < -0.4 is 5.32 Å². The van der Waals surface area contributed by atoms with Gasteiger partial charge in [-0.15, -0.1) is 0 Å². The van der Waals surface area contributed by atoms with Crippen LogP contribution in [0.2, 0.25) is 5.02 Å². The number of benzene rings is 1. The Morgan fingerprint density at radius 3 is 2.19 bits per heavy atom. The second-order valence-electron chi connectivity index (χ2n) is 7.05. The minimum atomic E-state index is -0.971. The smallest absolute Gasteiger partial charge is 0.311 e. The van der Waals surface area contributed by atoms with E-state index in [2.05, 4.69) is 5.32 Å². The molecule has 26 heavy (non-hydrogen) atoms. The van der Waals surface area contributed by atoms with E-state index in [0.29, 0.717) is 57.1 Å². The first-order valence-corrected chi connectivity index (χ1v) is 9.30. The van der Waals surface area contributed by atoms with Crippen molar-refractivity contribution < 1.29 is 24.2 Å². The Labute approximate surface area is 157 Å². The van der Waals surface area contributed by atoms with Gasteiger partial charge >= 0.3 is 5.97 Å². The number of carboxylic acids is 1. The predicted octanol–water partition coefficient (Wildman–Crippen LogP) is 2.39. The summed E-state index contributed by atoms with van der Waals surface area (Å²) >= 11 is 6.39. The van der Waals surface area contributed by atoms with Crippen LogP contribution >= 0.6 is 11.6 Å². The minimum Gasteiger partial charge on any atom is -0.481 e. The molecule has 2 heterocycles. The average Bonchev–Trinajstić information content (AvgIpc) is 2.67. The molecule has 2 saturated heterocycles. The van der Waals surface area contributed by atoms with Gasteiger partial charge in [0.25, 0.3) is 0 Å². The molecule has 0 bridgehead atoms. The van der Waals surface area contributed by atoms with Crippen molar-refractivity contribution in [3.05, 3.63) is 34.9 Å². The summed E-state index contributed by atoms with van der Waals surface area (Å²) < 4.78 is 10.7. The fourth-order valence-corrected chi connectivity index (χ4v) is 4.15. The van der Waals surface area contributed by atoms with E-state index in [9.17, 15) is 14.7 Å². The third-order valence-corrected chi connectivity index (χ3v) is 5.99. The number of carboxylic acid groups (broad SMARTS) is 1. The largest absolute Gasteiger partial charge is 0.481 e. The van der Waals surface area contributed by atoms with E-state index in [1.54, 1.807) is 6.07 Å². The van der Waals surface area contributed by atoms with Gasteiger partial charge in [0, 0.05) is 38.0 Å². The SMILES string of the molecule is O=C(O)C1(CNC(=O)C2(c3ccccc3Cl)CCOCC2)CCOCC1. The molecule has 1 aromatic carbocycles. The highest BCUT2D eigenvalue weighted by Gasteiger charge is 2.45. The van der Waals surface area contributed by atoms with Crippen LogP contribution in [0.3, 0.4) is 0 Å². The molecule has 2 aliphatic rings. The Morgan fingerprint density at radius 2 is 1.62 bits per heavy atom. The number of carbonyl (C=O) groups is 2. The summed E-state index contributed by atoms with van der Waals surface area (Å²) in [6.45, 7) is 1.82. The van der Waals surface area contributed by atoms with Gasteiger partial charge in [-0.05, 0) is 37.3 Å². The van der Waals surface area contributed by atoms with Gasteiger partial charge in [-0.1, -0.05) is 29.8 Å². The molecule has 0 saturated carbocycles. The Balaban J connectivity index is 1.82. The number of amides is 1. The molecule has 0 aliphatic carbocycles. The van der Waals surface area contributed by atoms with Gasteiger partial charge in [-0.3, -0.25) is 9.59 Å². The molecule has 1 aromatic rings. The first-order chi connectivity index (χ1) is 12.5. The fourth-order valence-electron chi connectivity index (χ4n) is 3.83. The Kier molecular flexibility index (Phi) is 5.85. The summed E-state index contributed by atoms with van der Waals surface area (Å²) in [6, 6.07) is 7.34. The van der Waals surface area contributed by atoms with Crippen molar-refractivity contribution in [2.45, 2.75) is 31.1 Å². The number of hydrogen-bond donors (Lipinski definition) is 2.